The van der Waals surface area contributed by atoms with E-state index in [9.17, 15) is 35.2 Å². The molecular weight excluding hydrogens is 543 g/mol. The second kappa shape index (κ2) is 8.73. The number of hydrogen-bond donors (Lipinski definition) is 4. The Hall–Kier alpha value is -4.11. The molecule has 38 heavy (non-hydrogen) atoms. The maximum atomic E-state index is 11.9. The standard InChI is InChI=1S/C16H15N8O13P/c17-13-10-14(19-4-18-13)21(5-20-10)15-12-11(7(35-15)3-34-38(31,32)33)36-16(37-12)8(23(27)28)1-6(22(25)26)2-9(16)24(29)30/h1-2,4-5,7,11-12,15H,3H2,(H,25,26)(H2,17,18,19)(H2,31,32,33)/t7-,11-,12-,15-/m1/s1. The Morgan fingerprint density at radius 2 is 1.74 bits per heavy atom. The van der Waals surface area contributed by atoms with Gasteiger partial charge in [0.2, 0.25) is 0 Å². The Morgan fingerprint density at radius 3 is 2.32 bits per heavy atom. The van der Waals surface area contributed by atoms with Crippen molar-refractivity contribution < 1.29 is 53.0 Å². The quantitative estimate of drug-likeness (QED) is 0.104. The van der Waals surface area contributed by atoms with Gasteiger partial charge in [-0.25, -0.2) is 19.5 Å². The zero-order valence-electron chi connectivity index (χ0n) is 18.4. The number of nitrogens with zero attached hydrogens (tertiary/aromatic N) is 7. The number of aromatic nitrogens is 4. The van der Waals surface area contributed by atoms with Crippen LogP contribution in [0.15, 0.2) is 36.2 Å². The minimum atomic E-state index is -5.04. The fourth-order valence-corrected chi connectivity index (χ4v) is 4.65. The van der Waals surface area contributed by atoms with Crippen LogP contribution in [0.1, 0.15) is 6.23 Å². The van der Waals surface area contributed by atoms with Gasteiger partial charge >= 0.3 is 25.0 Å². The number of ether oxygens (including phenoxy) is 3. The third kappa shape index (κ3) is 4.03. The van der Waals surface area contributed by atoms with E-state index in [0.29, 0.717) is 12.2 Å². The lowest BCUT2D eigenvalue weighted by Crippen LogP contribution is -2.46. The molecule has 22 heteroatoms. The first kappa shape index (κ1) is 25.5. The molecule has 5 N–H and O–H groups in total. The van der Waals surface area contributed by atoms with E-state index in [4.69, 9.17) is 29.7 Å². The number of fused-ring (bicyclic) bond motifs is 2. The molecule has 0 unspecified atom stereocenters. The van der Waals surface area contributed by atoms with Crippen molar-refractivity contribution >= 4 is 30.5 Å². The topological polar surface area (TPSA) is 297 Å². The molecule has 202 valence electrons. The van der Waals surface area contributed by atoms with Crippen LogP contribution in [0.25, 0.3) is 11.2 Å². The average molecular weight is 558 g/mol. The Bertz CT molecular complexity index is 1460. The summed E-state index contributed by atoms with van der Waals surface area (Å²) in [6.07, 6.45) is -2.32. The van der Waals surface area contributed by atoms with Crippen molar-refractivity contribution in [1.29, 1.82) is 0 Å². The third-order valence-electron chi connectivity index (χ3n) is 5.82. The van der Waals surface area contributed by atoms with Gasteiger partial charge in [0.25, 0.3) is 5.71 Å². The van der Waals surface area contributed by atoms with E-state index in [1.54, 1.807) is 0 Å². The van der Waals surface area contributed by atoms with E-state index in [1.807, 2.05) is 0 Å². The predicted octanol–water partition coefficient (Wildman–Crippen LogP) is -1.43. The molecule has 0 aromatic carbocycles. The summed E-state index contributed by atoms with van der Waals surface area (Å²) < 4.78 is 34.5. The normalized spacial score (nSPS) is 28.8. The summed E-state index contributed by atoms with van der Waals surface area (Å²) in [6.45, 7) is -0.831. The highest BCUT2D eigenvalue weighted by Crippen LogP contribution is 2.51. The minimum absolute atomic E-state index is 0.0107. The van der Waals surface area contributed by atoms with Crippen LogP contribution < -0.4 is 5.73 Å². The molecule has 21 nitrogen and oxygen atoms in total. The predicted molar refractivity (Wildman–Crippen MR) is 115 cm³/mol. The van der Waals surface area contributed by atoms with Crippen LogP contribution >= 0.6 is 7.82 Å². The van der Waals surface area contributed by atoms with Crippen molar-refractivity contribution in [2.24, 2.45) is 0 Å². The molecule has 0 saturated carbocycles. The van der Waals surface area contributed by atoms with Crippen molar-refractivity contribution in [3.05, 3.63) is 61.6 Å². The van der Waals surface area contributed by atoms with Crippen molar-refractivity contribution in [1.82, 2.24) is 19.5 Å². The maximum Gasteiger partial charge on any atom is 0.469 e. The molecule has 4 heterocycles. The molecule has 5 rings (SSSR count). The van der Waals surface area contributed by atoms with E-state index in [0.717, 1.165) is 6.33 Å². The largest absolute Gasteiger partial charge is 0.469 e. The summed E-state index contributed by atoms with van der Waals surface area (Å²) in [4.78, 5) is 51.1. The van der Waals surface area contributed by atoms with Gasteiger partial charge in [0.15, 0.2) is 17.7 Å². The van der Waals surface area contributed by atoms with Crippen molar-refractivity contribution in [3.63, 3.8) is 0 Å². The molecule has 2 aliphatic heterocycles. The number of allylic oxidation sites excluding steroid dienone is 2. The fraction of sp³-hybridized carbons (Fsp3) is 0.375. The van der Waals surface area contributed by atoms with E-state index in [1.165, 1.54) is 10.9 Å². The zero-order valence-corrected chi connectivity index (χ0v) is 19.3. The molecule has 0 bridgehead atoms. The number of hydrogen-bond acceptors (Lipinski definition) is 15. The summed E-state index contributed by atoms with van der Waals surface area (Å²) in [5.74, 6) is -2.85. The number of phosphoric ester groups is 1. The zero-order chi connectivity index (χ0) is 27.6. The van der Waals surface area contributed by atoms with Crippen molar-refractivity contribution in [2.45, 2.75) is 30.3 Å². The third-order valence-corrected chi connectivity index (χ3v) is 6.30. The van der Waals surface area contributed by atoms with Crippen LogP contribution in [0.4, 0.5) is 5.82 Å². The molecule has 0 radical (unpaired) electrons. The smallest absolute Gasteiger partial charge is 0.417 e. The van der Waals surface area contributed by atoms with Gasteiger partial charge in [0.05, 0.1) is 34.9 Å². The van der Waals surface area contributed by atoms with E-state index >= 15 is 0 Å². The molecule has 0 amide bonds. The molecular formula is C16H15N8O13P. The van der Waals surface area contributed by atoms with Gasteiger partial charge in [0.1, 0.15) is 30.2 Å². The summed E-state index contributed by atoms with van der Waals surface area (Å²) in [5.41, 5.74) is 2.89. The number of imidazole rings is 1. The molecule has 1 spiro atoms. The Morgan fingerprint density at radius 1 is 1.11 bits per heavy atom. The monoisotopic (exact) mass is 558 g/mol. The highest BCUT2D eigenvalue weighted by atomic mass is 31.2. The average Bonchev–Trinajstić information content (AvgIpc) is 3.50. The van der Waals surface area contributed by atoms with Gasteiger partial charge in [-0.1, -0.05) is 0 Å². The van der Waals surface area contributed by atoms with Gasteiger partial charge in [-0.3, -0.25) is 34.5 Å². The lowest BCUT2D eigenvalue weighted by atomic mass is 10.0. The number of phosphoric acid groups is 1. The van der Waals surface area contributed by atoms with Crippen molar-refractivity contribution in [2.75, 3.05) is 12.3 Å². The molecule has 3 aliphatic rings. The highest BCUT2D eigenvalue weighted by Gasteiger charge is 2.70. The number of anilines is 1. The van der Waals surface area contributed by atoms with E-state index < -0.39 is 76.6 Å². The van der Waals surface area contributed by atoms with E-state index in [-0.39, 0.29) is 17.0 Å². The Kier molecular flexibility index (Phi) is 5.87. The molecule has 2 aromatic rings. The van der Waals surface area contributed by atoms with Crippen LogP contribution in [0.2, 0.25) is 0 Å². The number of nitro groups is 2. The van der Waals surface area contributed by atoms with Crippen LogP contribution in [0.3, 0.4) is 0 Å². The van der Waals surface area contributed by atoms with Gasteiger partial charge in [-0.05, 0) is 0 Å². The van der Waals surface area contributed by atoms with Crippen LogP contribution in [-0.4, -0.2) is 85.7 Å². The summed E-state index contributed by atoms with van der Waals surface area (Å²) in [6, 6.07) is 0. The molecule has 1 aliphatic carbocycles. The second-order valence-electron chi connectivity index (χ2n) is 7.99. The van der Waals surface area contributed by atoms with Gasteiger partial charge in [-0.2, -0.15) is 0 Å². The second-order valence-corrected chi connectivity index (χ2v) is 9.23. The molecule has 4 atom stereocenters. The van der Waals surface area contributed by atoms with Crippen LogP contribution in [0, 0.1) is 25.4 Å². The molecule has 2 saturated heterocycles. The number of nitrogen functional groups attached to an aromatic ring is 1. The van der Waals surface area contributed by atoms with Gasteiger partial charge in [-0.15, -0.1) is 0 Å². The van der Waals surface area contributed by atoms with Crippen LogP contribution in [-0.2, 0) is 23.3 Å². The SMILES string of the molecule is Nc1ncnc2c1ncn2[C@@H]1O[C@H](COP(=O)(O)O)[C@H]2OC3(O[C@H]21)C([N+](=O)[O-])=CC(=[N+]([O-])O)C=C3[N+](=O)[O-]. The maximum absolute atomic E-state index is 11.9. The van der Waals surface area contributed by atoms with E-state index in [2.05, 4.69) is 19.5 Å². The van der Waals surface area contributed by atoms with Gasteiger partial charge < -0.3 is 34.9 Å². The van der Waals surface area contributed by atoms with Gasteiger partial charge in [0, 0.05) is 4.90 Å². The summed E-state index contributed by atoms with van der Waals surface area (Å²) >= 11 is 0. The Labute approximate surface area is 208 Å². The summed E-state index contributed by atoms with van der Waals surface area (Å²) in [7, 11) is -5.04. The highest BCUT2D eigenvalue weighted by molar-refractivity contribution is 7.46. The van der Waals surface area contributed by atoms with Crippen molar-refractivity contribution in [3.8, 4) is 0 Å². The number of rotatable bonds is 6. The lowest BCUT2D eigenvalue weighted by molar-refractivity contribution is -0.725. The first-order valence-electron chi connectivity index (χ1n) is 10.2. The number of nitrogens with two attached hydrogens (primary N) is 1. The lowest BCUT2D eigenvalue weighted by Gasteiger charge is -2.27. The fourth-order valence-electron chi connectivity index (χ4n) is 4.31. The molecule has 2 fully saturated rings. The van der Waals surface area contributed by atoms with Crippen LogP contribution in [0.5, 0.6) is 0 Å². The Balaban J connectivity index is 1.63. The minimum Gasteiger partial charge on any atom is -0.417 e. The first-order valence-corrected chi connectivity index (χ1v) is 11.8. The summed E-state index contributed by atoms with van der Waals surface area (Å²) in [5, 5.41) is 44.5. The molecule has 2 aromatic heterocycles. The first-order chi connectivity index (χ1) is 17.8.